The lowest BCUT2D eigenvalue weighted by Crippen LogP contribution is -2.29. The molecule has 0 spiro atoms. The lowest BCUT2D eigenvalue weighted by atomic mass is 9.80. The molecule has 0 aliphatic heterocycles. The van der Waals surface area contributed by atoms with Crippen LogP contribution in [0.5, 0.6) is 11.5 Å². The van der Waals surface area contributed by atoms with E-state index in [1.807, 2.05) is 43.3 Å². The zero-order valence-corrected chi connectivity index (χ0v) is 11.3. The Morgan fingerprint density at radius 2 is 1.40 bits per heavy atom. The summed E-state index contributed by atoms with van der Waals surface area (Å²) in [5, 5.41) is 18.0. The second-order valence-corrected chi connectivity index (χ2v) is 4.31. The molecule has 0 aliphatic carbocycles. The maximum absolute atomic E-state index is 9.00. The van der Waals surface area contributed by atoms with E-state index < -0.39 is 7.12 Å². The van der Waals surface area contributed by atoms with E-state index in [0.717, 1.165) is 17.1 Å². The van der Waals surface area contributed by atoms with E-state index in [-0.39, 0.29) is 0 Å². The molecule has 4 nitrogen and oxygen atoms in total. The van der Waals surface area contributed by atoms with Gasteiger partial charge in [0.15, 0.2) is 0 Å². The number of rotatable bonds is 6. The molecule has 2 N–H and O–H groups in total. The Morgan fingerprint density at radius 1 is 0.850 bits per heavy atom. The lowest BCUT2D eigenvalue weighted by molar-refractivity contribution is 0.304. The summed E-state index contributed by atoms with van der Waals surface area (Å²) < 4.78 is 11.0. The van der Waals surface area contributed by atoms with Crippen LogP contribution < -0.4 is 14.9 Å². The third-order valence-corrected chi connectivity index (χ3v) is 2.82. The van der Waals surface area contributed by atoms with Crippen LogP contribution in [0, 0.1) is 0 Å². The Morgan fingerprint density at radius 3 is 1.90 bits per heavy atom. The molecule has 2 rings (SSSR count). The molecule has 5 heteroatoms. The van der Waals surface area contributed by atoms with Crippen molar-refractivity contribution < 1.29 is 19.5 Å². The van der Waals surface area contributed by atoms with E-state index in [9.17, 15) is 0 Å². The van der Waals surface area contributed by atoms with Gasteiger partial charge in [0.05, 0.1) is 6.61 Å². The van der Waals surface area contributed by atoms with Gasteiger partial charge in [0.25, 0.3) is 0 Å². The Kier molecular flexibility index (Phi) is 5.04. The highest BCUT2D eigenvalue weighted by Crippen LogP contribution is 2.18. The molecule has 0 fully saturated rings. The maximum Gasteiger partial charge on any atom is 0.488 e. The molecule has 0 bridgehead atoms. The molecule has 0 aliphatic rings. The topological polar surface area (TPSA) is 58.9 Å². The van der Waals surface area contributed by atoms with Crippen LogP contribution in [0.3, 0.4) is 0 Å². The Balaban J connectivity index is 1.91. The summed E-state index contributed by atoms with van der Waals surface area (Å²) in [5.41, 5.74) is 1.43. The third-order valence-electron chi connectivity index (χ3n) is 2.82. The van der Waals surface area contributed by atoms with Crippen molar-refractivity contribution in [3.05, 3.63) is 54.1 Å². The fourth-order valence-electron chi connectivity index (χ4n) is 1.75. The first-order valence-electron chi connectivity index (χ1n) is 6.49. The molecule has 0 heterocycles. The van der Waals surface area contributed by atoms with Crippen molar-refractivity contribution in [3.8, 4) is 11.5 Å². The fraction of sp³-hybridized carbons (Fsp3) is 0.200. The van der Waals surface area contributed by atoms with Gasteiger partial charge in [0.2, 0.25) is 0 Å². The minimum absolute atomic E-state index is 0.426. The molecule has 2 aromatic rings. The van der Waals surface area contributed by atoms with Crippen LogP contribution in [0.25, 0.3) is 0 Å². The number of hydrogen-bond acceptors (Lipinski definition) is 4. The Labute approximate surface area is 118 Å². The first-order chi connectivity index (χ1) is 9.69. The van der Waals surface area contributed by atoms with Crippen molar-refractivity contribution in [3.63, 3.8) is 0 Å². The zero-order chi connectivity index (χ0) is 14.4. The highest BCUT2D eigenvalue weighted by atomic mass is 16.5. The van der Waals surface area contributed by atoms with E-state index in [1.165, 1.54) is 0 Å². The van der Waals surface area contributed by atoms with Crippen LogP contribution in [-0.4, -0.2) is 23.8 Å². The summed E-state index contributed by atoms with van der Waals surface area (Å²) in [6.45, 7) is 3.01. The van der Waals surface area contributed by atoms with Crippen molar-refractivity contribution in [2.75, 3.05) is 6.61 Å². The van der Waals surface area contributed by atoms with Gasteiger partial charge in [-0.05, 0) is 42.2 Å². The number of hydrogen-bond donors (Lipinski definition) is 2. The smallest absolute Gasteiger partial charge is 0.488 e. The number of ether oxygens (including phenoxy) is 2. The lowest BCUT2D eigenvalue weighted by Gasteiger charge is -2.08. The largest absolute Gasteiger partial charge is 0.494 e. The zero-order valence-electron chi connectivity index (χ0n) is 11.3. The Bertz CT molecular complexity index is 523. The van der Waals surface area contributed by atoms with Crippen LogP contribution in [0.15, 0.2) is 48.5 Å². The van der Waals surface area contributed by atoms with Crippen molar-refractivity contribution in [2.45, 2.75) is 13.5 Å². The van der Waals surface area contributed by atoms with Crippen LogP contribution in [0.4, 0.5) is 0 Å². The molecule has 2 aromatic carbocycles. The first-order valence-corrected chi connectivity index (χ1v) is 6.49. The van der Waals surface area contributed by atoms with Crippen molar-refractivity contribution >= 4 is 12.6 Å². The molecular formula is C15H17BO4. The maximum atomic E-state index is 9.00. The van der Waals surface area contributed by atoms with E-state index in [1.54, 1.807) is 12.1 Å². The fourth-order valence-corrected chi connectivity index (χ4v) is 1.75. The second kappa shape index (κ2) is 6.98. The van der Waals surface area contributed by atoms with Gasteiger partial charge < -0.3 is 19.5 Å². The molecule has 0 atom stereocenters. The van der Waals surface area contributed by atoms with Gasteiger partial charge in [-0.15, -0.1) is 0 Å². The van der Waals surface area contributed by atoms with E-state index in [4.69, 9.17) is 19.5 Å². The quantitative estimate of drug-likeness (QED) is 0.779. The molecule has 20 heavy (non-hydrogen) atoms. The van der Waals surface area contributed by atoms with Gasteiger partial charge in [-0.1, -0.05) is 24.3 Å². The van der Waals surface area contributed by atoms with Crippen LogP contribution in [0.2, 0.25) is 0 Å². The average Bonchev–Trinajstić information content (AvgIpc) is 2.47. The van der Waals surface area contributed by atoms with Crippen molar-refractivity contribution in [1.82, 2.24) is 0 Å². The molecule has 0 amide bonds. The highest BCUT2D eigenvalue weighted by molar-refractivity contribution is 6.58. The monoisotopic (exact) mass is 272 g/mol. The minimum Gasteiger partial charge on any atom is -0.494 e. The molecule has 0 saturated carbocycles. The molecule has 0 aromatic heterocycles. The molecule has 0 unspecified atom stereocenters. The predicted octanol–water partition coefficient (Wildman–Crippen LogP) is 1.34. The van der Waals surface area contributed by atoms with Crippen molar-refractivity contribution in [1.29, 1.82) is 0 Å². The second-order valence-electron chi connectivity index (χ2n) is 4.31. The van der Waals surface area contributed by atoms with Gasteiger partial charge >= 0.3 is 7.12 Å². The summed E-state index contributed by atoms with van der Waals surface area (Å²) in [6.07, 6.45) is 0. The first kappa shape index (κ1) is 14.4. The molecule has 0 saturated heterocycles. The van der Waals surface area contributed by atoms with E-state index in [0.29, 0.717) is 18.7 Å². The average molecular weight is 272 g/mol. The molecular weight excluding hydrogens is 255 g/mol. The molecule has 104 valence electrons. The van der Waals surface area contributed by atoms with Gasteiger partial charge in [-0.3, -0.25) is 0 Å². The highest BCUT2D eigenvalue weighted by Gasteiger charge is 2.09. The normalized spacial score (nSPS) is 10.2. The summed E-state index contributed by atoms with van der Waals surface area (Å²) in [6, 6.07) is 14.4. The standard InChI is InChI=1S/C15H17BO4/c1-2-19-14-7-9-15(10-8-14)20-11-12-3-5-13(6-4-12)16(17)18/h3-10,17-18H,2,11H2,1H3. The number of benzene rings is 2. The minimum atomic E-state index is -1.43. The van der Waals surface area contributed by atoms with Crippen LogP contribution >= 0.6 is 0 Å². The summed E-state index contributed by atoms with van der Waals surface area (Å²) in [4.78, 5) is 0. The third kappa shape index (κ3) is 4.01. The van der Waals surface area contributed by atoms with Crippen LogP contribution in [-0.2, 0) is 6.61 Å². The predicted molar refractivity (Wildman–Crippen MR) is 78.2 cm³/mol. The van der Waals surface area contributed by atoms with E-state index >= 15 is 0 Å². The van der Waals surface area contributed by atoms with Crippen molar-refractivity contribution in [2.24, 2.45) is 0 Å². The van der Waals surface area contributed by atoms with Crippen LogP contribution in [0.1, 0.15) is 12.5 Å². The van der Waals surface area contributed by atoms with Gasteiger partial charge in [0.1, 0.15) is 18.1 Å². The summed E-state index contributed by atoms with van der Waals surface area (Å²) in [5.74, 6) is 1.58. The summed E-state index contributed by atoms with van der Waals surface area (Å²) in [7, 11) is -1.43. The van der Waals surface area contributed by atoms with Gasteiger partial charge in [-0.2, -0.15) is 0 Å². The SMILES string of the molecule is CCOc1ccc(OCc2ccc(B(O)O)cc2)cc1. The van der Waals surface area contributed by atoms with E-state index in [2.05, 4.69) is 0 Å². The summed E-state index contributed by atoms with van der Waals surface area (Å²) >= 11 is 0. The van der Waals surface area contributed by atoms with Gasteiger partial charge in [-0.25, -0.2) is 0 Å². The van der Waals surface area contributed by atoms with Gasteiger partial charge in [0, 0.05) is 0 Å². The Hall–Kier alpha value is -1.98. The molecule has 0 radical (unpaired) electrons.